The van der Waals surface area contributed by atoms with Crippen molar-refractivity contribution in [3.05, 3.63) is 77.6 Å². The monoisotopic (exact) mass is 514 g/mol. The number of hydrogen-bond acceptors (Lipinski definition) is 7. The van der Waals surface area contributed by atoms with Gasteiger partial charge in [0.15, 0.2) is 11.5 Å². The zero-order chi connectivity index (χ0) is 25.9. The van der Waals surface area contributed by atoms with E-state index in [1.165, 1.54) is 43.5 Å². The molecule has 0 unspecified atom stereocenters. The van der Waals surface area contributed by atoms with Gasteiger partial charge in [-0.15, -0.1) is 0 Å². The van der Waals surface area contributed by atoms with Gasteiger partial charge in [0.25, 0.3) is 10.0 Å². The van der Waals surface area contributed by atoms with Crippen molar-refractivity contribution in [1.82, 2.24) is 0 Å². The molecule has 3 aromatic rings. The molecule has 3 aromatic carbocycles. The predicted molar refractivity (Wildman–Crippen MR) is 130 cm³/mol. The van der Waals surface area contributed by atoms with Gasteiger partial charge < -0.3 is 19.5 Å². The molecule has 4 rings (SSSR count). The fourth-order valence-corrected chi connectivity index (χ4v) is 5.11. The van der Waals surface area contributed by atoms with E-state index in [2.05, 4.69) is 5.32 Å². The molecular formula is C25H23FN2O7S. The Balaban J connectivity index is 1.67. The Kier molecular flexibility index (Phi) is 7.11. The largest absolute Gasteiger partial charge is 0.486 e. The number of anilines is 2. The van der Waals surface area contributed by atoms with Gasteiger partial charge in [-0.1, -0.05) is 12.1 Å². The normalized spacial score (nSPS) is 12.5. The minimum absolute atomic E-state index is 0.0416. The van der Waals surface area contributed by atoms with E-state index in [-0.39, 0.29) is 28.5 Å². The van der Waals surface area contributed by atoms with E-state index in [1.807, 2.05) is 0 Å². The van der Waals surface area contributed by atoms with Crippen molar-refractivity contribution in [3.63, 3.8) is 0 Å². The lowest BCUT2D eigenvalue weighted by atomic mass is 10.1. The molecule has 1 heterocycles. The number of sulfonamides is 1. The quantitative estimate of drug-likeness (QED) is 0.480. The third kappa shape index (κ3) is 5.10. The average Bonchev–Trinajstić information content (AvgIpc) is 2.87. The number of rotatable bonds is 7. The summed E-state index contributed by atoms with van der Waals surface area (Å²) in [5.41, 5.74) is 0.963. The Hall–Kier alpha value is -4.12. The molecule has 188 valence electrons. The summed E-state index contributed by atoms with van der Waals surface area (Å²) < 4.78 is 57.8. The Bertz CT molecular complexity index is 1430. The topological polar surface area (TPSA) is 111 Å². The highest BCUT2D eigenvalue weighted by Gasteiger charge is 2.29. The van der Waals surface area contributed by atoms with Crippen molar-refractivity contribution in [1.29, 1.82) is 0 Å². The Morgan fingerprint density at radius 1 is 1.03 bits per heavy atom. The van der Waals surface area contributed by atoms with Gasteiger partial charge in [-0.2, -0.15) is 0 Å². The van der Waals surface area contributed by atoms with Crippen LogP contribution in [0.3, 0.4) is 0 Å². The van der Waals surface area contributed by atoms with Crippen LogP contribution in [0.5, 0.6) is 11.5 Å². The summed E-state index contributed by atoms with van der Waals surface area (Å²) >= 11 is 0. The maximum Gasteiger partial charge on any atom is 0.338 e. The van der Waals surface area contributed by atoms with Gasteiger partial charge in [-0.05, 0) is 55.0 Å². The van der Waals surface area contributed by atoms with E-state index < -0.39 is 34.3 Å². The smallest absolute Gasteiger partial charge is 0.338 e. The Morgan fingerprint density at radius 2 is 1.75 bits per heavy atom. The Morgan fingerprint density at radius 3 is 2.47 bits per heavy atom. The fourth-order valence-electron chi connectivity index (χ4n) is 3.68. The van der Waals surface area contributed by atoms with Gasteiger partial charge in [0.1, 0.15) is 25.6 Å². The molecule has 0 radical (unpaired) electrons. The van der Waals surface area contributed by atoms with E-state index in [9.17, 15) is 22.4 Å². The number of ether oxygens (including phenoxy) is 3. The van der Waals surface area contributed by atoms with E-state index >= 15 is 0 Å². The molecule has 0 bridgehead atoms. The lowest BCUT2D eigenvalue weighted by Gasteiger charge is -2.25. The molecule has 11 heteroatoms. The second kappa shape index (κ2) is 10.2. The highest BCUT2D eigenvalue weighted by atomic mass is 32.2. The number of esters is 1. The first-order valence-electron chi connectivity index (χ1n) is 10.9. The summed E-state index contributed by atoms with van der Waals surface area (Å²) in [6.45, 7) is 1.56. The zero-order valence-corrected chi connectivity index (χ0v) is 20.3. The van der Waals surface area contributed by atoms with Crippen molar-refractivity contribution < 1.29 is 36.6 Å². The number of nitrogens with one attached hydrogen (secondary N) is 1. The van der Waals surface area contributed by atoms with Crippen LogP contribution in [0.15, 0.2) is 65.6 Å². The molecular weight excluding hydrogens is 491 g/mol. The van der Waals surface area contributed by atoms with Crippen LogP contribution in [-0.4, -0.2) is 47.2 Å². The van der Waals surface area contributed by atoms with E-state index in [0.717, 1.165) is 10.4 Å². The lowest BCUT2D eigenvalue weighted by Crippen LogP contribution is -2.38. The number of fused-ring (bicyclic) bond motifs is 1. The molecule has 0 saturated carbocycles. The molecule has 0 aromatic heterocycles. The zero-order valence-electron chi connectivity index (χ0n) is 19.5. The maximum atomic E-state index is 14.0. The second-order valence-electron chi connectivity index (χ2n) is 7.81. The predicted octanol–water partition coefficient (Wildman–Crippen LogP) is 3.53. The summed E-state index contributed by atoms with van der Waals surface area (Å²) in [5, 5.41) is 2.63. The maximum absolute atomic E-state index is 14.0. The van der Waals surface area contributed by atoms with Crippen molar-refractivity contribution in [2.24, 2.45) is 0 Å². The number of methoxy groups -OCH3 is 1. The van der Waals surface area contributed by atoms with Crippen molar-refractivity contribution in [2.75, 3.05) is 36.5 Å². The number of halogens is 1. The number of carbonyl (C=O) groups excluding carboxylic acids is 2. The molecule has 1 amide bonds. The highest BCUT2D eigenvalue weighted by molar-refractivity contribution is 7.92. The lowest BCUT2D eigenvalue weighted by molar-refractivity contribution is -0.114. The first kappa shape index (κ1) is 25.0. The number of hydrogen-bond donors (Lipinski definition) is 1. The van der Waals surface area contributed by atoms with Gasteiger partial charge in [-0.3, -0.25) is 9.10 Å². The minimum atomic E-state index is -4.33. The van der Waals surface area contributed by atoms with Gasteiger partial charge in [0.05, 0.1) is 23.3 Å². The number of carbonyl (C=O) groups is 2. The van der Waals surface area contributed by atoms with Crippen LogP contribution < -0.4 is 19.1 Å². The summed E-state index contributed by atoms with van der Waals surface area (Å²) in [6.07, 6.45) is 0. The first-order chi connectivity index (χ1) is 17.2. The Labute approximate surface area is 207 Å². The highest BCUT2D eigenvalue weighted by Crippen LogP contribution is 2.34. The minimum Gasteiger partial charge on any atom is -0.486 e. The molecule has 0 fully saturated rings. The van der Waals surface area contributed by atoms with Crippen LogP contribution >= 0.6 is 0 Å². The second-order valence-corrected chi connectivity index (χ2v) is 9.68. The van der Waals surface area contributed by atoms with E-state index in [4.69, 9.17) is 14.2 Å². The molecule has 9 nitrogen and oxygen atoms in total. The summed E-state index contributed by atoms with van der Waals surface area (Å²) in [7, 11) is -3.09. The standard InChI is InChI=1S/C25H23FN2O7S/c1-16-20(25(30)33-2)7-4-8-21(16)27-24(29)15-28(18-6-3-5-17(26)13-18)36(31,32)19-9-10-22-23(14-19)35-12-11-34-22/h3-10,13-14H,11-12,15H2,1-2H3,(H,27,29). The van der Waals surface area contributed by atoms with Crippen molar-refractivity contribution >= 4 is 33.3 Å². The van der Waals surface area contributed by atoms with Gasteiger partial charge in [-0.25, -0.2) is 17.6 Å². The van der Waals surface area contributed by atoms with Crippen LogP contribution in [0.4, 0.5) is 15.8 Å². The number of amides is 1. The van der Waals surface area contributed by atoms with Crippen molar-refractivity contribution in [2.45, 2.75) is 11.8 Å². The molecule has 0 saturated heterocycles. The van der Waals surface area contributed by atoms with Crippen LogP contribution in [-0.2, 0) is 19.6 Å². The van der Waals surface area contributed by atoms with Gasteiger partial charge in [0.2, 0.25) is 5.91 Å². The molecule has 1 aliphatic heterocycles. The molecule has 1 N–H and O–H groups in total. The van der Waals surface area contributed by atoms with E-state index in [1.54, 1.807) is 25.1 Å². The third-order valence-electron chi connectivity index (χ3n) is 5.50. The molecule has 36 heavy (non-hydrogen) atoms. The average molecular weight is 515 g/mol. The number of nitrogens with zero attached hydrogens (tertiary/aromatic N) is 1. The van der Waals surface area contributed by atoms with Gasteiger partial charge >= 0.3 is 5.97 Å². The molecule has 0 atom stereocenters. The first-order valence-corrected chi connectivity index (χ1v) is 12.3. The fraction of sp³-hybridized carbons (Fsp3) is 0.200. The third-order valence-corrected chi connectivity index (χ3v) is 7.27. The summed E-state index contributed by atoms with van der Waals surface area (Å²) in [6, 6.07) is 13.7. The summed E-state index contributed by atoms with van der Waals surface area (Å²) in [4.78, 5) is 24.8. The number of benzene rings is 3. The van der Waals surface area contributed by atoms with Crippen molar-refractivity contribution in [3.8, 4) is 11.5 Å². The molecule has 0 spiro atoms. The van der Waals surface area contributed by atoms with Crippen LogP contribution in [0.2, 0.25) is 0 Å². The summed E-state index contributed by atoms with van der Waals surface area (Å²) in [5.74, 6) is -1.30. The SMILES string of the molecule is COC(=O)c1cccc(NC(=O)CN(c2cccc(F)c2)S(=O)(=O)c2ccc3c(c2)OCCO3)c1C. The van der Waals surface area contributed by atoms with Crippen LogP contribution in [0.1, 0.15) is 15.9 Å². The van der Waals surface area contributed by atoms with Crippen LogP contribution in [0.25, 0.3) is 0 Å². The van der Waals surface area contributed by atoms with Crippen LogP contribution in [0, 0.1) is 12.7 Å². The van der Waals surface area contributed by atoms with E-state index in [0.29, 0.717) is 23.6 Å². The van der Waals surface area contributed by atoms with Gasteiger partial charge in [0, 0.05) is 11.8 Å². The molecule has 0 aliphatic carbocycles. The molecule has 1 aliphatic rings.